The number of halogens is 1. The summed E-state index contributed by atoms with van der Waals surface area (Å²) >= 11 is 5.98. The Morgan fingerprint density at radius 1 is 1.53 bits per heavy atom. The average Bonchev–Trinajstić information content (AvgIpc) is 3.10. The molecule has 1 fully saturated rings. The van der Waals surface area contributed by atoms with Gasteiger partial charge in [-0.2, -0.15) is 0 Å². The highest BCUT2D eigenvalue weighted by molar-refractivity contribution is 6.31. The van der Waals surface area contributed by atoms with E-state index in [1.54, 1.807) is 12.1 Å². The topological polar surface area (TPSA) is 40.5 Å². The van der Waals surface area contributed by atoms with Crippen molar-refractivity contribution < 1.29 is 9.90 Å². The van der Waals surface area contributed by atoms with Gasteiger partial charge in [-0.25, -0.2) is 4.79 Å². The molecule has 1 N–H and O–H groups in total. The maximum Gasteiger partial charge on any atom is 0.328 e. The van der Waals surface area contributed by atoms with Gasteiger partial charge in [-0.15, -0.1) is 0 Å². The minimum absolute atomic E-state index is 0.561. The van der Waals surface area contributed by atoms with E-state index in [2.05, 4.69) is 4.90 Å². The Bertz CT molecular complexity index is 466. The zero-order valence-electron chi connectivity index (χ0n) is 9.56. The van der Waals surface area contributed by atoms with Crippen LogP contribution in [0.25, 0.3) is 6.08 Å². The molecule has 0 radical (unpaired) electrons. The Morgan fingerprint density at radius 2 is 2.24 bits per heavy atom. The van der Waals surface area contributed by atoms with Gasteiger partial charge in [-0.3, -0.25) is 0 Å². The van der Waals surface area contributed by atoms with E-state index in [4.69, 9.17) is 16.7 Å². The molecule has 90 valence electrons. The van der Waals surface area contributed by atoms with Crippen molar-refractivity contribution in [2.75, 3.05) is 11.9 Å². The van der Waals surface area contributed by atoms with E-state index in [1.165, 1.54) is 12.8 Å². The molecule has 0 bridgehead atoms. The van der Waals surface area contributed by atoms with Crippen LogP contribution in [-0.4, -0.2) is 24.2 Å². The molecule has 2 rings (SSSR count). The van der Waals surface area contributed by atoms with Gasteiger partial charge in [0, 0.05) is 29.9 Å². The van der Waals surface area contributed by atoms with Gasteiger partial charge in [0.15, 0.2) is 0 Å². The van der Waals surface area contributed by atoms with Crippen molar-refractivity contribution >= 4 is 29.3 Å². The van der Waals surface area contributed by atoms with Crippen LogP contribution in [-0.2, 0) is 4.79 Å². The predicted octanol–water partition coefficient (Wildman–Crippen LogP) is 3.04. The Kier molecular flexibility index (Phi) is 3.38. The van der Waals surface area contributed by atoms with Gasteiger partial charge in [0.2, 0.25) is 0 Å². The van der Waals surface area contributed by atoms with E-state index < -0.39 is 5.97 Å². The number of rotatable bonds is 4. The number of carboxylic acids is 1. The zero-order valence-corrected chi connectivity index (χ0v) is 10.3. The summed E-state index contributed by atoms with van der Waals surface area (Å²) in [5, 5.41) is 9.32. The zero-order chi connectivity index (χ0) is 12.4. The molecule has 0 unspecified atom stereocenters. The number of hydrogen-bond donors (Lipinski definition) is 1. The average molecular weight is 252 g/mol. The Hall–Kier alpha value is -1.48. The normalized spacial score (nSPS) is 15.2. The van der Waals surface area contributed by atoms with E-state index in [0.717, 1.165) is 17.3 Å². The predicted molar refractivity (Wildman–Crippen MR) is 69.5 cm³/mol. The molecule has 4 heteroatoms. The lowest BCUT2D eigenvalue weighted by Crippen LogP contribution is -2.20. The lowest BCUT2D eigenvalue weighted by Gasteiger charge is -2.21. The van der Waals surface area contributed by atoms with Crippen molar-refractivity contribution in [3.8, 4) is 0 Å². The van der Waals surface area contributed by atoms with Gasteiger partial charge in [-0.1, -0.05) is 17.7 Å². The number of nitrogens with zero attached hydrogens (tertiary/aromatic N) is 1. The molecule has 0 saturated heterocycles. The van der Waals surface area contributed by atoms with Crippen molar-refractivity contribution in [3.05, 3.63) is 34.9 Å². The van der Waals surface area contributed by atoms with Crippen molar-refractivity contribution in [1.29, 1.82) is 0 Å². The summed E-state index contributed by atoms with van der Waals surface area (Å²) in [4.78, 5) is 12.7. The number of hydrogen-bond acceptors (Lipinski definition) is 2. The van der Waals surface area contributed by atoms with Crippen LogP contribution in [0.4, 0.5) is 5.69 Å². The van der Waals surface area contributed by atoms with E-state index >= 15 is 0 Å². The van der Waals surface area contributed by atoms with Crippen molar-refractivity contribution in [3.63, 3.8) is 0 Å². The fraction of sp³-hybridized carbons (Fsp3) is 0.308. The Morgan fingerprint density at radius 3 is 2.82 bits per heavy atom. The summed E-state index contributed by atoms with van der Waals surface area (Å²) in [6.07, 6.45) is 5.12. The van der Waals surface area contributed by atoms with Crippen molar-refractivity contribution in [2.24, 2.45) is 0 Å². The highest BCUT2D eigenvalue weighted by Crippen LogP contribution is 2.34. The highest BCUT2D eigenvalue weighted by atomic mass is 35.5. The van der Waals surface area contributed by atoms with Crippen LogP contribution >= 0.6 is 11.6 Å². The molecule has 0 aromatic heterocycles. The number of anilines is 1. The molecule has 1 aromatic rings. The molecular weight excluding hydrogens is 238 g/mol. The lowest BCUT2D eigenvalue weighted by atomic mass is 10.1. The number of benzene rings is 1. The Labute approximate surface area is 105 Å². The highest BCUT2D eigenvalue weighted by Gasteiger charge is 2.27. The largest absolute Gasteiger partial charge is 0.478 e. The minimum Gasteiger partial charge on any atom is -0.478 e. The first-order valence-electron chi connectivity index (χ1n) is 5.51. The summed E-state index contributed by atoms with van der Waals surface area (Å²) < 4.78 is 0. The minimum atomic E-state index is -0.944. The van der Waals surface area contributed by atoms with Gasteiger partial charge in [0.1, 0.15) is 0 Å². The molecule has 0 heterocycles. The van der Waals surface area contributed by atoms with Gasteiger partial charge in [0.05, 0.1) is 0 Å². The third-order valence-electron chi connectivity index (χ3n) is 2.87. The van der Waals surface area contributed by atoms with Crippen LogP contribution in [0, 0.1) is 0 Å². The van der Waals surface area contributed by atoms with Crippen molar-refractivity contribution in [2.45, 2.75) is 18.9 Å². The molecule has 1 saturated carbocycles. The van der Waals surface area contributed by atoms with E-state index in [9.17, 15) is 4.79 Å². The van der Waals surface area contributed by atoms with Crippen LogP contribution in [0.3, 0.4) is 0 Å². The van der Waals surface area contributed by atoms with Crippen molar-refractivity contribution in [1.82, 2.24) is 0 Å². The SMILES string of the molecule is CN(c1cc(Cl)ccc1/C=C/C(=O)O)C1CC1. The summed E-state index contributed by atoms with van der Waals surface area (Å²) in [5.41, 5.74) is 1.86. The smallest absolute Gasteiger partial charge is 0.328 e. The van der Waals surface area contributed by atoms with Gasteiger partial charge in [-0.05, 0) is 36.6 Å². The van der Waals surface area contributed by atoms with Crippen LogP contribution < -0.4 is 4.90 Å². The second-order valence-corrected chi connectivity index (χ2v) is 4.65. The quantitative estimate of drug-likeness (QED) is 0.837. The molecule has 1 aliphatic carbocycles. The van der Waals surface area contributed by atoms with Crippen LogP contribution in [0.5, 0.6) is 0 Å². The molecule has 0 amide bonds. The fourth-order valence-electron chi connectivity index (χ4n) is 1.78. The Balaban J connectivity index is 2.32. The maximum absolute atomic E-state index is 10.5. The van der Waals surface area contributed by atoms with Crippen LogP contribution in [0.1, 0.15) is 18.4 Å². The number of carboxylic acid groups (broad SMARTS) is 1. The second kappa shape index (κ2) is 4.80. The molecule has 0 spiro atoms. The van der Waals surface area contributed by atoms with Gasteiger partial charge >= 0.3 is 5.97 Å². The monoisotopic (exact) mass is 251 g/mol. The second-order valence-electron chi connectivity index (χ2n) is 4.22. The summed E-state index contributed by atoms with van der Waals surface area (Å²) in [5.74, 6) is -0.944. The molecule has 0 aliphatic heterocycles. The lowest BCUT2D eigenvalue weighted by molar-refractivity contribution is -0.131. The third-order valence-corrected chi connectivity index (χ3v) is 3.11. The van der Waals surface area contributed by atoms with Gasteiger partial charge < -0.3 is 10.0 Å². The molecule has 17 heavy (non-hydrogen) atoms. The summed E-state index contributed by atoms with van der Waals surface area (Å²) in [6, 6.07) is 6.05. The van der Waals surface area contributed by atoms with Crippen LogP contribution in [0.15, 0.2) is 24.3 Å². The molecule has 0 atom stereocenters. The summed E-state index contributed by atoms with van der Waals surface area (Å²) in [7, 11) is 2.02. The third kappa shape index (κ3) is 3.01. The standard InChI is InChI=1S/C13H14ClNO2/c1-15(11-5-6-11)12-8-10(14)4-2-9(12)3-7-13(16)17/h2-4,7-8,11H,5-6H2,1H3,(H,16,17)/b7-3+. The van der Waals surface area contributed by atoms with Crippen LogP contribution in [0.2, 0.25) is 5.02 Å². The number of carbonyl (C=O) groups is 1. The first-order chi connectivity index (χ1) is 8.08. The first-order valence-corrected chi connectivity index (χ1v) is 5.89. The van der Waals surface area contributed by atoms with E-state index in [1.807, 2.05) is 19.2 Å². The fourth-order valence-corrected chi connectivity index (χ4v) is 1.95. The molecular formula is C13H14ClNO2. The van der Waals surface area contributed by atoms with Gasteiger partial charge in [0.25, 0.3) is 0 Å². The first kappa shape index (κ1) is 12.0. The molecule has 1 aliphatic rings. The maximum atomic E-state index is 10.5. The molecule has 3 nitrogen and oxygen atoms in total. The summed E-state index contributed by atoms with van der Waals surface area (Å²) in [6.45, 7) is 0. The molecule has 1 aromatic carbocycles. The van der Waals surface area contributed by atoms with E-state index in [0.29, 0.717) is 11.1 Å². The van der Waals surface area contributed by atoms with E-state index in [-0.39, 0.29) is 0 Å². The number of aliphatic carboxylic acids is 1.